The van der Waals surface area contributed by atoms with E-state index >= 15 is 0 Å². The van der Waals surface area contributed by atoms with Gasteiger partial charge in [-0.05, 0) is 67.3 Å². The predicted molar refractivity (Wildman–Crippen MR) is 152 cm³/mol. The number of aromatic nitrogens is 2. The van der Waals surface area contributed by atoms with Crippen molar-refractivity contribution in [2.75, 3.05) is 0 Å². The normalized spacial score (nSPS) is 11.5. The number of carbonyl (C=O) groups is 2. The van der Waals surface area contributed by atoms with Crippen LogP contribution in [0.5, 0.6) is 0 Å². The lowest BCUT2D eigenvalue weighted by Gasteiger charge is -2.14. The summed E-state index contributed by atoms with van der Waals surface area (Å²) in [4.78, 5) is 24.4. The second-order valence-corrected chi connectivity index (χ2v) is 8.47. The Balaban J connectivity index is 0.00000134. The molecule has 2 N–H and O–H groups in total. The van der Waals surface area contributed by atoms with Crippen LogP contribution in [0.2, 0.25) is 0 Å². The third-order valence-electron chi connectivity index (χ3n) is 6.06. The van der Waals surface area contributed by atoms with Gasteiger partial charge in [0.2, 0.25) is 0 Å². The average Bonchev–Trinajstić information content (AvgIpc) is 3.35. The number of halogens is 3. The average molecular weight is 556 g/mol. The van der Waals surface area contributed by atoms with Gasteiger partial charge in [-0.1, -0.05) is 64.1 Å². The molecule has 0 radical (unpaired) electrons. The van der Waals surface area contributed by atoms with Gasteiger partial charge in [0.25, 0.3) is 5.91 Å². The van der Waals surface area contributed by atoms with Crippen molar-refractivity contribution < 1.29 is 27.9 Å². The first-order chi connectivity index (χ1) is 19.1. The van der Waals surface area contributed by atoms with E-state index in [2.05, 4.69) is 10.4 Å². The van der Waals surface area contributed by atoms with Crippen LogP contribution in [0.25, 0.3) is 10.9 Å². The molecule has 40 heavy (non-hydrogen) atoms. The number of hydrogen-bond acceptors (Lipinski definition) is 3. The number of nitrogens with zero attached hydrogens (tertiary/aromatic N) is 2. The Kier molecular flexibility index (Phi) is 11.5. The molecule has 0 aliphatic rings. The number of aryl methyl sites for hydroxylation is 1. The monoisotopic (exact) mass is 555 g/mol. The highest BCUT2D eigenvalue weighted by Crippen LogP contribution is 2.30. The standard InChI is InChI=1S/C27H24F3N3O3.2C2H6/c1-3-33-22-6-4-5-20(15-17-7-13-21(14-8-17)27(28,29)30)23(22)24(32-33)25(34)31-16(2)18-9-11-19(12-10-18)26(35)36;2*1-2/h4-14,16H,3,15H2,1-2H3,(H,31,34)(H,35,36);2*1-2H3/t16-;;/m0../s1. The molecule has 0 aliphatic carbocycles. The summed E-state index contributed by atoms with van der Waals surface area (Å²) in [6.07, 6.45) is -4.08. The summed E-state index contributed by atoms with van der Waals surface area (Å²) in [6.45, 7) is 12.2. The van der Waals surface area contributed by atoms with E-state index in [0.29, 0.717) is 23.9 Å². The van der Waals surface area contributed by atoms with E-state index in [0.717, 1.165) is 28.8 Å². The number of carboxylic acids is 1. The largest absolute Gasteiger partial charge is 0.478 e. The third kappa shape index (κ3) is 7.49. The second kappa shape index (κ2) is 14.3. The van der Waals surface area contributed by atoms with Crippen LogP contribution in [0, 0.1) is 0 Å². The molecule has 3 aromatic carbocycles. The van der Waals surface area contributed by atoms with Gasteiger partial charge in [-0.25, -0.2) is 4.79 Å². The summed E-state index contributed by atoms with van der Waals surface area (Å²) < 4.78 is 40.5. The first kappa shape index (κ1) is 32.1. The van der Waals surface area contributed by atoms with E-state index in [-0.39, 0.29) is 11.3 Å². The minimum absolute atomic E-state index is 0.151. The van der Waals surface area contributed by atoms with E-state index in [4.69, 9.17) is 5.11 Å². The number of alkyl halides is 3. The van der Waals surface area contributed by atoms with Crippen molar-refractivity contribution >= 4 is 22.8 Å². The molecule has 4 rings (SSSR count). The molecule has 1 aromatic heterocycles. The first-order valence-electron chi connectivity index (χ1n) is 13.4. The van der Waals surface area contributed by atoms with Crippen molar-refractivity contribution in [3.05, 3.63) is 100 Å². The molecule has 0 aliphatic heterocycles. The second-order valence-electron chi connectivity index (χ2n) is 8.47. The van der Waals surface area contributed by atoms with E-state index in [9.17, 15) is 22.8 Å². The van der Waals surface area contributed by atoms with E-state index in [1.54, 1.807) is 23.7 Å². The fourth-order valence-electron chi connectivity index (χ4n) is 4.14. The number of nitrogens with one attached hydrogen (secondary N) is 1. The number of carboxylic acid groups (broad SMARTS) is 1. The van der Waals surface area contributed by atoms with Gasteiger partial charge >= 0.3 is 12.1 Å². The van der Waals surface area contributed by atoms with E-state index in [1.165, 1.54) is 24.3 Å². The van der Waals surface area contributed by atoms with Crippen LogP contribution in [0.3, 0.4) is 0 Å². The van der Waals surface area contributed by atoms with Crippen molar-refractivity contribution in [1.82, 2.24) is 15.1 Å². The number of hydrogen-bond donors (Lipinski definition) is 2. The third-order valence-corrected chi connectivity index (χ3v) is 6.06. The van der Waals surface area contributed by atoms with Crippen molar-refractivity contribution in [3.63, 3.8) is 0 Å². The first-order valence-corrected chi connectivity index (χ1v) is 13.4. The summed E-state index contributed by atoms with van der Waals surface area (Å²) >= 11 is 0. The number of amides is 1. The molecule has 0 unspecified atom stereocenters. The Morgan fingerprint density at radius 2 is 1.55 bits per heavy atom. The number of aromatic carboxylic acids is 1. The van der Waals surface area contributed by atoms with Gasteiger partial charge in [0.1, 0.15) is 0 Å². The van der Waals surface area contributed by atoms with Crippen LogP contribution in [0.4, 0.5) is 13.2 Å². The topological polar surface area (TPSA) is 84.2 Å². The fourth-order valence-corrected chi connectivity index (χ4v) is 4.14. The molecule has 4 aromatic rings. The number of carbonyl (C=O) groups excluding carboxylic acids is 1. The number of benzene rings is 3. The molecule has 214 valence electrons. The molecule has 1 amide bonds. The molecule has 0 saturated heterocycles. The smallest absolute Gasteiger partial charge is 0.416 e. The zero-order chi connectivity index (χ0) is 30.0. The maximum absolute atomic E-state index is 13.3. The van der Waals surface area contributed by atoms with Crippen molar-refractivity contribution in [3.8, 4) is 0 Å². The number of fused-ring (bicyclic) bond motifs is 1. The lowest BCUT2D eigenvalue weighted by Crippen LogP contribution is -2.27. The molecule has 6 nitrogen and oxygen atoms in total. The molecule has 0 spiro atoms. The molecule has 0 fully saturated rings. The van der Waals surface area contributed by atoms with Gasteiger partial charge in [-0.3, -0.25) is 9.48 Å². The molecule has 1 atom stereocenters. The lowest BCUT2D eigenvalue weighted by atomic mass is 9.98. The van der Waals surface area contributed by atoms with Gasteiger partial charge < -0.3 is 10.4 Å². The minimum atomic E-state index is -4.41. The maximum Gasteiger partial charge on any atom is 0.416 e. The molecule has 9 heteroatoms. The Morgan fingerprint density at radius 1 is 0.950 bits per heavy atom. The molecule has 0 bridgehead atoms. The molecule has 0 saturated carbocycles. The van der Waals surface area contributed by atoms with Gasteiger partial charge in [0.05, 0.1) is 22.7 Å². The summed E-state index contributed by atoms with van der Waals surface area (Å²) in [7, 11) is 0. The fraction of sp³-hybridized carbons (Fsp3) is 0.323. The van der Waals surface area contributed by atoms with Crippen LogP contribution in [-0.4, -0.2) is 26.8 Å². The predicted octanol–water partition coefficient (Wildman–Crippen LogP) is 7.91. The summed E-state index contributed by atoms with van der Waals surface area (Å²) in [5, 5.41) is 17.2. The SMILES string of the molecule is CC.CC.CCn1nc(C(=O)N[C@@H](C)c2ccc(C(=O)O)cc2)c2c(Cc3ccc(C(F)(F)F)cc3)cccc21. The summed E-state index contributed by atoms with van der Waals surface area (Å²) in [5.74, 6) is -1.43. The van der Waals surface area contributed by atoms with Crippen LogP contribution < -0.4 is 5.32 Å². The minimum Gasteiger partial charge on any atom is -0.478 e. The van der Waals surface area contributed by atoms with Gasteiger partial charge in [0, 0.05) is 11.9 Å². The van der Waals surface area contributed by atoms with Crippen LogP contribution in [0.15, 0.2) is 66.7 Å². The van der Waals surface area contributed by atoms with Gasteiger partial charge in [-0.15, -0.1) is 0 Å². The highest BCUT2D eigenvalue weighted by molar-refractivity contribution is 6.06. The van der Waals surface area contributed by atoms with Crippen LogP contribution in [0.1, 0.15) is 90.7 Å². The van der Waals surface area contributed by atoms with Crippen molar-refractivity contribution in [2.45, 2.75) is 66.7 Å². The summed E-state index contributed by atoms with van der Waals surface area (Å²) in [6, 6.07) is 16.3. The molecular formula is C31H36F3N3O3. The van der Waals surface area contributed by atoms with Crippen molar-refractivity contribution in [1.29, 1.82) is 0 Å². The van der Waals surface area contributed by atoms with Gasteiger partial charge in [-0.2, -0.15) is 18.3 Å². The van der Waals surface area contributed by atoms with Crippen molar-refractivity contribution in [2.24, 2.45) is 0 Å². The zero-order valence-corrected chi connectivity index (χ0v) is 23.6. The van der Waals surface area contributed by atoms with Crippen LogP contribution >= 0.6 is 0 Å². The van der Waals surface area contributed by atoms with Crippen LogP contribution in [-0.2, 0) is 19.1 Å². The maximum atomic E-state index is 13.3. The quantitative estimate of drug-likeness (QED) is 0.243. The Morgan fingerprint density at radius 3 is 2.08 bits per heavy atom. The Hall–Kier alpha value is -4.14. The van der Waals surface area contributed by atoms with Gasteiger partial charge in [0.15, 0.2) is 5.69 Å². The lowest BCUT2D eigenvalue weighted by molar-refractivity contribution is -0.137. The Bertz CT molecular complexity index is 1410. The zero-order valence-electron chi connectivity index (χ0n) is 23.6. The highest BCUT2D eigenvalue weighted by Gasteiger charge is 2.30. The van der Waals surface area contributed by atoms with E-state index in [1.807, 2.05) is 52.8 Å². The van der Waals surface area contributed by atoms with E-state index < -0.39 is 29.7 Å². The molecular weight excluding hydrogens is 519 g/mol. The summed E-state index contributed by atoms with van der Waals surface area (Å²) in [5.41, 5.74) is 2.60. The molecule has 1 heterocycles. The Labute approximate surface area is 232 Å². The highest BCUT2D eigenvalue weighted by atomic mass is 19.4. The number of rotatable bonds is 7.